The largest absolute Gasteiger partial charge is 0.356 e. The number of fused-ring (bicyclic) bond motifs is 1. The highest BCUT2D eigenvalue weighted by molar-refractivity contribution is 5.94. The van der Waals surface area contributed by atoms with Crippen molar-refractivity contribution in [1.29, 1.82) is 0 Å². The van der Waals surface area contributed by atoms with Crippen LogP contribution in [0.25, 0.3) is 10.8 Å². The number of benzene rings is 1. The predicted octanol–water partition coefficient (Wildman–Crippen LogP) is 3.18. The van der Waals surface area contributed by atoms with Crippen molar-refractivity contribution >= 4 is 16.6 Å². The third-order valence-corrected chi connectivity index (χ3v) is 4.54. The SMILES string of the molecule is CC(C)C1CCN(c2ncc(CN)c3ccccc23)C1. The minimum Gasteiger partial charge on any atom is -0.356 e. The first-order valence-corrected chi connectivity index (χ1v) is 7.52. The second-order valence-electron chi connectivity index (χ2n) is 6.10. The topological polar surface area (TPSA) is 42.2 Å². The Morgan fingerprint density at radius 1 is 1.30 bits per heavy atom. The summed E-state index contributed by atoms with van der Waals surface area (Å²) in [6, 6.07) is 8.48. The molecule has 1 unspecified atom stereocenters. The van der Waals surface area contributed by atoms with E-state index in [4.69, 9.17) is 10.7 Å². The number of hydrogen-bond donors (Lipinski definition) is 1. The Hall–Kier alpha value is -1.61. The van der Waals surface area contributed by atoms with Crippen molar-refractivity contribution in [1.82, 2.24) is 4.98 Å². The minimum absolute atomic E-state index is 0.544. The molecule has 1 saturated heterocycles. The Morgan fingerprint density at radius 2 is 2.05 bits per heavy atom. The molecule has 2 heterocycles. The lowest BCUT2D eigenvalue weighted by Crippen LogP contribution is -2.22. The Labute approximate surface area is 120 Å². The number of aromatic nitrogens is 1. The molecular formula is C17H23N3. The average Bonchev–Trinajstić information content (AvgIpc) is 2.96. The normalized spacial score (nSPS) is 19.2. The number of nitrogens with zero attached hydrogens (tertiary/aromatic N) is 2. The Bertz CT molecular complexity index is 606. The molecule has 3 rings (SSSR count). The van der Waals surface area contributed by atoms with Gasteiger partial charge in [0.05, 0.1) is 0 Å². The van der Waals surface area contributed by atoms with Crippen LogP contribution in [-0.2, 0) is 6.54 Å². The molecule has 0 aliphatic carbocycles. The lowest BCUT2D eigenvalue weighted by atomic mass is 9.95. The Balaban J connectivity index is 2.01. The van der Waals surface area contributed by atoms with Gasteiger partial charge < -0.3 is 10.6 Å². The number of pyridine rings is 1. The molecule has 20 heavy (non-hydrogen) atoms. The van der Waals surface area contributed by atoms with Crippen LogP contribution in [0, 0.1) is 11.8 Å². The van der Waals surface area contributed by atoms with Crippen molar-refractivity contribution in [2.75, 3.05) is 18.0 Å². The van der Waals surface area contributed by atoms with E-state index in [9.17, 15) is 0 Å². The first-order valence-electron chi connectivity index (χ1n) is 7.52. The van der Waals surface area contributed by atoms with Crippen LogP contribution in [0.2, 0.25) is 0 Å². The number of rotatable bonds is 3. The first-order chi connectivity index (χ1) is 9.70. The summed E-state index contributed by atoms with van der Waals surface area (Å²) in [4.78, 5) is 7.14. The summed E-state index contributed by atoms with van der Waals surface area (Å²) in [5.74, 6) is 2.65. The van der Waals surface area contributed by atoms with Crippen molar-refractivity contribution < 1.29 is 0 Å². The fourth-order valence-electron chi connectivity index (χ4n) is 3.17. The summed E-state index contributed by atoms with van der Waals surface area (Å²) in [6.45, 7) is 7.41. The molecule has 3 nitrogen and oxygen atoms in total. The molecule has 106 valence electrons. The van der Waals surface area contributed by atoms with Gasteiger partial charge in [-0.3, -0.25) is 0 Å². The highest BCUT2D eigenvalue weighted by atomic mass is 15.2. The van der Waals surface area contributed by atoms with E-state index in [0.29, 0.717) is 6.54 Å². The summed E-state index contributed by atoms with van der Waals surface area (Å²) in [6.07, 6.45) is 3.21. The zero-order valence-corrected chi connectivity index (χ0v) is 12.3. The van der Waals surface area contributed by atoms with Gasteiger partial charge in [-0.15, -0.1) is 0 Å². The van der Waals surface area contributed by atoms with Crippen molar-refractivity contribution in [3.63, 3.8) is 0 Å². The molecule has 2 aromatic rings. The van der Waals surface area contributed by atoms with Crippen molar-refractivity contribution in [3.8, 4) is 0 Å². The van der Waals surface area contributed by atoms with Crippen LogP contribution < -0.4 is 10.6 Å². The molecule has 1 aromatic carbocycles. The predicted molar refractivity (Wildman–Crippen MR) is 84.8 cm³/mol. The van der Waals surface area contributed by atoms with Crippen LogP contribution >= 0.6 is 0 Å². The van der Waals surface area contributed by atoms with Crippen LogP contribution in [-0.4, -0.2) is 18.1 Å². The molecule has 1 aromatic heterocycles. The summed E-state index contributed by atoms with van der Waals surface area (Å²) in [5.41, 5.74) is 6.96. The third-order valence-electron chi connectivity index (χ3n) is 4.54. The van der Waals surface area contributed by atoms with Gasteiger partial charge in [-0.1, -0.05) is 38.1 Å². The Morgan fingerprint density at radius 3 is 2.70 bits per heavy atom. The van der Waals surface area contributed by atoms with E-state index < -0.39 is 0 Å². The molecule has 1 fully saturated rings. The second-order valence-corrected chi connectivity index (χ2v) is 6.10. The fraction of sp³-hybridized carbons (Fsp3) is 0.471. The average molecular weight is 269 g/mol. The maximum Gasteiger partial charge on any atom is 0.136 e. The van der Waals surface area contributed by atoms with Gasteiger partial charge in [-0.25, -0.2) is 4.98 Å². The van der Waals surface area contributed by atoms with Gasteiger partial charge in [-0.05, 0) is 29.2 Å². The van der Waals surface area contributed by atoms with E-state index in [1.54, 1.807) is 0 Å². The lowest BCUT2D eigenvalue weighted by molar-refractivity contribution is 0.422. The smallest absolute Gasteiger partial charge is 0.136 e. The van der Waals surface area contributed by atoms with E-state index >= 15 is 0 Å². The zero-order valence-electron chi connectivity index (χ0n) is 12.3. The van der Waals surface area contributed by atoms with E-state index in [1.165, 1.54) is 17.2 Å². The molecule has 0 spiro atoms. The van der Waals surface area contributed by atoms with E-state index in [-0.39, 0.29) is 0 Å². The monoisotopic (exact) mass is 269 g/mol. The fourth-order valence-corrected chi connectivity index (χ4v) is 3.17. The van der Waals surface area contributed by atoms with Crippen LogP contribution in [0.5, 0.6) is 0 Å². The summed E-state index contributed by atoms with van der Waals surface area (Å²) in [7, 11) is 0. The van der Waals surface area contributed by atoms with Crippen molar-refractivity contribution in [2.24, 2.45) is 17.6 Å². The zero-order chi connectivity index (χ0) is 14.1. The maximum atomic E-state index is 5.83. The number of hydrogen-bond acceptors (Lipinski definition) is 3. The standard InChI is InChI=1S/C17H23N3/c1-12(2)13-7-8-20(11-13)17-16-6-4-3-5-15(16)14(9-18)10-19-17/h3-6,10,12-13H,7-9,11,18H2,1-2H3. The van der Waals surface area contributed by atoms with Crippen molar-refractivity contribution in [3.05, 3.63) is 36.0 Å². The molecule has 1 aliphatic rings. The molecule has 1 atom stereocenters. The molecule has 1 aliphatic heterocycles. The summed E-state index contributed by atoms with van der Waals surface area (Å²) < 4.78 is 0. The third kappa shape index (κ3) is 2.27. The number of anilines is 1. The minimum atomic E-state index is 0.544. The molecule has 0 radical (unpaired) electrons. The Kier molecular flexibility index (Phi) is 3.62. The van der Waals surface area contributed by atoms with Gasteiger partial charge in [0.2, 0.25) is 0 Å². The second kappa shape index (κ2) is 5.41. The van der Waals surface area contributed by atoms with Crippen LogP contribution in [0.1, 0.15) is 25.8 Å². The quantitative estimate of drug-likeness (QED) is 0.930. The van der Waals surface area contributed by atoms with Gasteiger partial charge in [0.15, 0.2) is 0 Å². The van der Waals surface area contributed by atoms with Gasteiger partial charge in [0.25, 0.3) is 0 Å². The first kappa shape index (κ1) is 13.4. The van der Waals surface area contributed by atoms with Gasteiger partial charge in [-0.2, -0.15) is 0 Å². The molecule has 0 saturated carbocycles. The molecular weight excluding hydrogens is 246 g/mol. The van der Waals surface area contributed by atoms with Crippen LogP contribution in [0.3, 0.4) is 0 Å². The summed E-state index contributed by atoms with van der Waals surface area (Å²) >= 11 is 0. The van der Waals surface area contributed by atoms with Gasteiger partial charge >= 0.3 is 0 Å². The molecule has 0 bridgehead atoms. The van der Waals surface area contributed by atoms with Crippen LogP contribution in [0.15, 0.2) is 30.5 Å². The molecule has 3 heteroatoms. The van der Waals surface area contributed by atoms with E-state index in [0.717, 1.165) is 36.3 Å². The number of nitrogens with two attached hydrogens (primary N) is 1. The molecule has 0 amide bonds. The van der Waals surface area contributed by atoms with Crippen molar-refractivity contribution in [2.45, 2.75) is 26.8 Å². The lowest BCUT2D eigenvalue weighted by Gasteiger charge is -2.21. The van der Waals surface area contributed by atoms with Gasteiger partial charge in [0, 0.05) is 31.2 Å². The van der Waals surface area contributed by atoms with Gasteiger partial charge in [0.1, 0.15) is 5.82 Å². The van der Waals surface area contributed by atoms with E-state index in [1.807, 2.05) is 6.20 Å². The van der Waals surface area contributed by atoms with Crippen LogP contribution in [0.4, 0.5) is 5.82 Å². The summed E-state index contributed by atoms with van der Waals surface area (Å²) in [5, 5.41) is 2.48. The highest BCUT2D eigenvalue weighted by Crippen LogP contribution is 2.32. The highest BCUT2D eigenvalue weighted by Gasteiger charge is 2.26. The van der Waals surface area contributed by atoms with E-state index in [2.05, 4.69) is 43.0 Å². The maximum absolute atomic E-state index is 5.83. The molecule has 2 N–H and O–H groups in total.